The van der Waals surface area contributed by atoms with E-state index in [0.29, 0.717) is 43.2 Å². The lowest BCUT2D eigenvalue weighted by molar-refractivity contribution is -0.137. The summed E-state index contributed by atoms with van der Waals surface area (Å²) in [6.07, 6.45) is 4.71. The van der Waals surface area contributed by atoms with Crippen molar-refractivity contribution in [1.82, 2.24) is 14.8 Å². The number of nitrogens with zero attached hydrogens (tertiary/aromatic N) is 4. The van der Waals surface area contributed by atoms with Crippen LogP contribution in [0.25, 0.3) is 0 Å². The number of hydrogen-bond donors (Lipinski definition) is 1. The number of piperazine rings is 1. The molecule has 4 aromatic rings. The van der Waals surface area contributed by atoms with Gasteiger partial charge in [-0.1, -0.05) is 66.2 Å². The number of carbonyl (C=O) groups excluding carboxylic acids is 2. The zero-order valence-electron chi connectivity index (χ0n) is 23.5. The average molecular weight is 580 g/mol. The van der Waals surface area contributed by atoms with E-state index >= 15 is 0 Å². The van der Waals surface area contributed by atoms with Crippen molar-refractivity contribution in [1.29, 1.82) is 0 Å². The number of nitrogens with one attached hydrogen (secondary N) is 1. The number of carbonyl (C=O) groups is 2. The molecule has 7 nitrogen and oxygen atoms in total. The van der Waals surface area contributed by atoms with E-state index in [1.165, 1.54) is 11.1 Å². The van der Waals surface area contributed by atoms with E-state index in [2.05, 4.69) is 44.4 Å². The Kier molecular flexibility index (Phi) is 8.49. The quantitative estimate of drug-likeness (QED) is 0.322. The molecule has 0 saturated carbocycles. The number of fused-ring (bicyclic) bond motifs is 1. The number of amides is 2. The third kappa shape index (κ3) is 6.17. The first-order chi connectivity index (χ1) is 20.6. The van der Waals surface area contributed by atoms with Gasteiger partial charge >= 0.3 is 0 Å². The van der Waals surface area contributed by atoms with Crippen LogP contribution < -0.4 is 10.2 Å². The highest BCUT2D eigenvalue weighted by molar-refractivity contribution is 6.31. The van der Waals surface area contributed by atoms with Crippen LogP contribution in [0, 0.1) is 0 Å². The molecule has 3 aromatic carbocycles. The molecule has 214 valence electrons. The van der Waals surface area contributed by atoms with Gasteiger partial charge in [-0.15, -0.1) is 0 Å². The molecule has 0 radical (unpaired) electrons. The molecule has 1 aromatic heterocycles. The zero-order chi connectivity index (χ0) is 28.9. The Morgan fingerprint density at radius 1 is 0.833 bits per heavy atom. The maximum atomic E-state index is 14.2. The van der Waals surface area contributed by atoms with Crippen LogP contribution in [0.15, 0.2) is 97.3 Å². The average Bonchev–Trinajstić information content (AvgIpc) is 3.04. The SMILES string of the molecule is O=C(Nc1ccccc1N1CCN(C(=O)[C@@H](Cc2ccccc2Cl)N2CCc3ccccc3C2)CC1)c1cccnc1. The number of pyridine rings is 1. The van der Waals surface area contributed by atoms with Gasteiger partial charge < -0.3 is 15.1 Å². The number of benzene rings is 3. The lowest BCUT2D eigenvalue weighted by Crippen LogP contribution is -2.56. The van der Waals surface area contributed by atoms with Crippen LogP contribution in [0.4, 0.5) is 11.4 Å². The number of para-hydroxylation sites is 2. The molecule has 1 N–H and O–H groups in total. The fraction of sp³-hybridized carbons (Fsp3) is 0.265. The van der Waals surface area contributed by atoms with Crippen molar-refractivity contribution in [3.8, 4) is 0 Å². The molecule has 3 heterocycles. The maximum Gasteiger partial charge on any atom is 0.257 e. The van der Waals surface area contributed by atoms with Crippen LogP contribution in [0.5, 0.6) is 0 Å². The summed E-state index contributed by atoms with van der Waals surface area (Å²) in [5.74, 6) is -0.0537. The van der Waals surface area contributed by atoms with E-state index < -0.39 is 0 Å². The highest BCUT2D eigenvalue weighted by Gasteiger charge is 2.34. The molecular formula is C34H34ClN5O2. The Bertz CT molecular complexity index is 1550. The van der Waals surface area contributed by atoms with E-state index in [4.69, 9.17) is 11.6 Å². The highest BCUT2D eigenvalue weighted by atomic mass is 35.5. The molecule has 2 aliphatic heterocycles. The van der Waals surface area contributed by atoms with Crippen LogP contribution >= 0.6 is 11.6 Å². The predicted octanol–water partition coefficient (Wildman–Crippen LogP) is 5.31. The fourth-order valence-corrected chi connectivity index (χ4v) is 6.17. The third-order valence-corrected chi connectivity index (χ3v) is 8.63. The molecule has 1 saturated heterocycles. The molecule has 0 unspecified atom stereocenters. The van der Waals surface area contributed by atoms with Crippen molar-refractivity contribution in [2.45, 2.75) is 25.4 Å². The molecule has 8 heteroatoms. The molecule has 2 amide bonds. The third-order valence-electron chi connectivity index (χ3n) is 8.27. The van der Waals surface area contributed by atoms with Crippen molar-refractivity contribution >= 4 is 34.8 Å². The molecular weight excluding hydrogens is 546 g/mol. The minimum atomic E-state index is -0.295. The van der Waals surface area contributed by atoms with Crippen LogP contribution in [0.1, 0.15) is 27.0 Å². The summed E-state index contributed by atoms with van der Waals surface area (Å²) in [6, 6.07) is 27.4. The highest BCUT2D eigenvalue weighted by Crippen LogP contribution is 2.29. The predicted molar refractivity (Wildman–Crippen MR) is 167 cm³/mol. The maximum absolute atomic E-state index is 14.2. The van der Waals surface area contributed by atoms with Crippen LogP contribution in [0.3, 0.4) is 0 Å². The number of anilines is 2. The molecule has 42 heavy (non-hydrogen) atoms. The van der Waals surface area contributed by atoms with Crippen molar-refractivity contribution < 1.29 is 9.59 Å². The van der Waals surface area contributed by atoms with Gasteiger partial charge in [-0.2, -0.15) is 0 Å². The Labute approximate surface area is 251 Å². The van der Waals surface area contributed by atoms with Crippen molar-refractivity contribution in [2.75, 3.05) is 42.9 Å². The van der Waals surface area contributed by atoms with Gasteiger partial charge in [-0.3, -0.25) is 19.5 Å². The minimum absolute atomic E-state index is 0.145. The standard InChI is InChI=1S/C34H34ClN5O2/c35-29-12-4-3-9-26(29)22-32(40-17-15-25-8-1-2-10-28(25)24-40)34(42)39-20-18-38(19-21-39)31-14-6-5-13-30(31)37-33(41)27-11-7-16-36-23-27/h1-14,16,23,32H,15,17-22,24H2,(H,37,41)/t32-/m1/s1. The van der Waals surface area contributed by atoms with E-state index in [9.17, 15) is 9.59 Å². The zero-order valence-corrected chi connectivity index (χ0v) is 24.2. The summed E-state index contributed by atoms with van der Waals surface area (Å²) in [4.78, 5) is 37.6. The molecule has 2 aliphatic rings. The number of hydrogen-bond acceptors (Lipinski definition) is 5. The van der Waals surface area contributed by atoms with E-state index in [1.54, 1.807) is 24.5 Å². The Morgan fingerprint density at radius 3 is 2.36 bits per heavy atom. The van der Waals surface area contributed by atoms with Gasteiger partial charge in [-0.05, 0) is 59.9 Å². The van der Waals surface area contributed by atoms with Crippen LogP contribution in [-0.2, 0) is 24.2 Å². The number of rotatable bonds is 7. The van der Waals surface area contributed by atoms with Crippen molar-refractivity contribution in [2.24, 2.45) is 0 Å². The van der Waals surface area contributed by atoms with Crippen molar-refractivity contribution in [3.05, 3.63) is 125 Å². The summed E-state index contributed by atoms with van der Waals surface area (Å²) >= 11 is 6.57. The fourth-order valence-electron chi connectivity index (χ4n) is 5.95. The molecule has 0 bridgehead atoms. The van der Waals surface area contributed by atoms with Crippen LogP contribution in [0.2, 0.25) is 5.02 Å². The normalized spacial score (nSPS) is 16.0. The number of halogens is 1. The molecule has 0 spiro atoms. The first-order valence-corrected chi connectivity index (χ1v) is 14.8. The Balaban J connectivity index is 1.17. The Hall–Kier alpha value is -4.20. The summed E-state index contributed by atoms with van der Waals surface area (Å²) in [5.41, 5.74) is 5.84. The minimum Gasteiger partial charge on any atom is -0.366 e. The van der Waals surface area contributed by atoms with Gasteiger partial charge in [0.05, 0.1) is 23.0 Å². The second-order valence-corrected chi connectivity index (χ2v) is 11.2. The van der Waals surface area contributed by atoms with E-state index in [1.807, 2.05) is 53.4 Å². The van der Waals surface area contributed by atoms with Crippen molar-refractivity contribution in [3.63, 3.8) is 0 Å². The molecule has 6 rings (SSSR count). The monoisotopic (exact) mass is 579 g/mol. The van der Waals surface area contributed by atoms with Gasteiger partial charge in [-0.25, -0.2) is 0 Å². The molecule has 1 fully saturated rings. The summed E-state index contributed by atoms with van der Waals surface area (Å²) < 4.78 is 0. The first kappa shape index (κ1) is 27.9. The van der Waals surface area contributed by atoms with Gasteiger partial charge in [0.25, 0.3) is 5.91 Å². The summed E-state index contributed by atoms with van der Waals surface area (Å²) in [6.45, 7) is 4.14. The summed E-state index contributed by atoms with van der Waals surface area (Å²) in [7, 11) is 0. The van der Waals surface area contributed by atoms with Gasteiger partial charge in [0.2, 0.25) is 5.91 Å². The lowest BCUT2D eigenvalue weighted by Gasteiger charge is -2.41. The number of aromatic nitrogens is 1. The lowest BCUT2D eigenvalue weighted by atomic mass is 9.95. The second-order valence-electron chi connectivity index (χ2n) is 10.8. The van der Waals surface area contributed by atoms with Crippen LogP contribution in [-0.4, -0.2) is 65.4 Å². The summed E-state index contributed by atoms with van der Waals surface area (Å²) in [5, 5.41) is 3.74. The molecule has 1 atom stereocenters. The molecule has 0 aliphatic carbocycles. The van der Waals surface area contributed by atoms with E-state index in [0.717, 1.165) is 36.4 Å². The smallest absolute Gasteiger partial charge is 0.257 e. The first-order valence-electron chi connectivity index (χ1n) is 14.5. The van der Waals surface area contributed by atoms with Gasteiger partial charge in [0, 0.05) is 56.7 Å². The van der Waals surface area contributed by atoms with E-state index in [-0.39, 0.29) is 17.9 Å². The van der Waals surface area contributed by atoms with Gasteiger partial charge in [0.1, 0.15) is 0 Å². The topological polar surface area (TPSA) is 68.8 Å². The second kappa shape index (κ2) is 12.8. The largest absolute Gasteiger partial charge is 0.366 e. The Morgan fingerprint density at radius 2 is 1.57 bits per heavy atom. The van der Waals surface area contributed by atoms with Gasteiger partial charge in [0.15, 0.2) is 0 Å².